The van der Waals surface area contributed by atoms with Crippen LogP contribution in [0.5, 0.6) is 0 Å². The Labute approximate surface area is 209 Å². The minimum Gasteiger partial charge on any atom is -0.440 e. The fourth-order valence-electron chi connectivity index (χ4n) is 4.37. The van der Waals surface area contributed by atoms with Crippen LogP contribution >= 0.6 is 23.2 Å². The summed E-state index contributed by atoms with van der Waals surface area (Å²) in [6, 6.07) is 6.60. The largest absolute Gasteiger partial charge is 0.440 e. The van der Waals surface area contributed by atoms with Gasteiger partial charge < -0.3 is 9.25 Å². The number of Topliss-reactive ketones (excluding diaryl/α,β-unsaturated/α-hetero) is 1. The van der Waals surface area contributed by atoms with E-state index < -0.39 is 29.0 Å². The number of alkyl halides is 3. The molecule has 2 aromatic carbocycles. The molecular weight excluding hydrogens is 528 g/mol. The standard InChI is InChI=1S/C23H17Cl2F3N2O4S/c1-11-29-20-16(2-3-17(21(20)33-11)19(31)4-12-9-35(32)10-12)18-8-22(34-30-18,23(26,27)28)13-5-14(24)7-15(25)6-13/h2-3,5-7,12H,4,8-10H2,1H3. The number of ketones is 1. The number of hydrogen-bond acceptors (Lipinski definition) is 6. The number of aryl methyl sites for hydroxylation is 1. The van der Waals surface area contributed by atoms with Gasteiger partial charge in [0.25, 0.3) is 5.60 Å². The fourth-order valence-corrected chi connectivity index (χ4v) is 6.08. The highest BCUT2D eigenvalue weighted by Gasteiger charge is 2.62. The predicted octanol–water partition coefficient (Wildman–Crippen LogP) is 5.98. The molecule has 1 atom stereocenters. The molecule has 3 heterocycles. The fraction of sp³-hybridized carbons (Fsp3) is 0.348. The van der Waals surface area contributed by atoms with Gasteiger partial charge in [0.15, 0.2) is 17.3 Å². The summed E-state index contributed by atoms with van der Waals surface area (Å²) in [6.45, 7) is 1.58. The van der Waals surface area contributed by atoms with Crippen molar-refractivity contribution < 1.29 is 31.4 Å². The van der Waals surface area contributed by atoms with E-state index in [0.717, 1.165) is 12.1 Å². The lowest BCUT2D eigenvalue weighted by atomic mass is 9.86. The molecule has 0 spiro atoms. The Balaban J connectivity index is 1.52. The maximum atomic E-state index is 14.3. The smallest absolute Gasteiger partial charge is 0.435 e. The molecule has 0 amide bonds. The monoisotopic (exact) mass is 544 g/mol. The number of oxazole rings is 1. The van der Waals surface area contributed by atoms with Gasteiger partial charge in [-0.05, 0) is 36.2 Å². The molecule has 1 saturated heterocycles. The van der Waals surface area contributed by atoms with Gasteiger partial charge >= 0.3 is 6.18 Å². The summed E-state index contributed by atoms with van der Waals surface area (Å²) in [5.41, 5.74) is -2.17. The van der Waals surface area contributed by atoms with Crippen LogP contribution in [0.3, 0.4) is 0 Å². The first kappa shape index (κ1) is 24.3. The zero-order valence-corrected chi connectivity index (χ0v) is 20.4. The number of oxime groups is 1. The summed E-state index contributed by atoms with van der Waals surface area (Å²) in [4.78, 5) is 22.3. The molecule has 3 aromatic rings. The maximum absolute atomic E-state index is 14.3. The Hall–Kier alpha value is -2.43. The van der Waals surface area contributed by atoms with Crippen molar-refractivity contribution in [2.45, 2.75) is 31.5 Å². The Morgan fingerprint density at radius 1 is 1.20 bits per heavy atom. The number of fused-ring (bicyclic) bond motifs is 1. The second-order valence-electron chi connectivity index (χ2n) is 8.63. The predicted molar refractivity (Wildman–Crippen MR) is 125 cm³/mol. The normalized spacial score (nSPS) is 24.2. The van der Waals surface area contributed by atoms with Crippen molar-refractivity contribution in [1.82, 2.24) is 4.98 Å². The zero-order chi connectivity index (χ0) is 25.1. The summed E-state index contributed by atoms with van der Waals surface area (Å²) in [6.07, 6.45) is -5.30. The highest BCUT2D eigenvalue weighted by atomic mass is 35.5. The quantitative estimate of drug-likeness (QED) is 0.369. The summed E-state index contributed by atoms with van der Waals surface area (Å²) < 4.78 is 60.1. The van der Waals surface area contributed by atoms with Crippen LogP contribution in [0.15, 0.2) is 39.9 Å². The number of carbonyl (C=O) groups is 1. The van der Waals surface area contributed by atoms with Crippen LogP contribution in [0.2, 0.25) is 10.0 Å². The third-order valence-corrected chi connectivity index (χ3v) is 8.22. The number of carbonyl (C=O) groups excluding carboxylic acids is 1. The molecule has 1 fully saturated rings. The van der Waals surface area contributed by atoms with Gasteiger partial charge in [0.1, 0.15) is 5.52 Å². The first-order valence-electron chi connectivity index (χ1n) is 10.5. The number of rotatable bonds is 5. The minimum absolute atomic E-state index is 0.00916. The summed E-state index contributed by atoms with van der Waals surface area (Å²) in [5, 5.41) is 3.84. The average molecular weight is 545 g/mol. The second-order valence-corrected chi connectivity index (χ2v) is 11.0. The molecule has 35 heavy (non-hydrogen) atoms. The van der Waals surface area contributed by atoms with Gasteiger partial charge in [-0.3, -0.25) is 9.00 Å². The molecule has 1 aromatic heterocycles. The second kappa shape index (κ2) is 8.60. The first-order valence-corrected chi connectivity index (χ1v) is 12.8. The van der Waals surface area contributed by atoms with Gasteiger partial charge in [-0.2, -0.15) is 13.2 Å². The van der Waals surface area contributed by atoms with Gasteiger partial charge in [0.2, 0.25) is 0 Å². The maximum Gasteiger partial charge on any atom is 0.435 e. The van der Waals surface area contributed by atoms with Gasteiger partial charge in [-0.1, -0.05) is 28.4 Å². The van der Waals surface area contributed by atoms with E-state index >= 15 is 0 Å². The van der Waals surface area contributed by atoms with Gasteiger partial charge in [0, 0.05) is 56.8 Å². The van der Waals surface area contributed by atoms with Gasteiger partial charge in [0.05, 0.1) is 17.7 Å². The van der Waals surface area contributed by atoms with Crippen molar-refractivity contribution in [3.05, 3.63) is 63.0 Å². The third kappa shape index (κ3) is 4.25. The Kier molecular flexibility index (Phi) is 5.96. The highest BCUT2D eigenvalue weighted by molar-refractivity contribution is 7.86. The molecule has 0 bridgehead atoms. The van der Waals surface area contributed by atoms with Gasteiger partial charge in [-0.25, -0.2) is 4.98 Å². The van der Waals surface area contributed by atoms with Crippen molar-refractivity contribution >= 4 is 56.6 Å². The lowest BCUT2D eigenvalue weighted by Gasteiger charge is -2.29. The lowest BCUT2D eigenvalue weighted by Crippen LogP contribution is -2.42. The van der Waals surface area contributed by atoms with Crippen LogP contribution in [0.4, 0.5) is 13.2 Å². The molecule has 1 unspecified atom stereocenters. The first-order chi connectivity index (χ1) is 16.5. The zero-order valence-electron chi connectivity index (χ0n) is 18.1. The van der Waals surface area contributed by atoms with E-state index in [9.17, 15) is 22.2 Å². The number of halogens is 5. The van der Waals surface area contributed by atoms with Crippen LogP contribution in [0.1, 0.15) is 40.2 Å². The Morgan fingerprint density at radius 3 is 2.51 bits per heavy atom. The van der Waals surface area contributed by atoms with E-state index in [1.807, 2.05) is 0 Å². The highest BCUT2D eigenvalue weighted by Crippen LogP contribution is 2.50. The minimum atomic E-state index is -4.84. The number of hydrogen-bond donors (Lipinski definition) is 0. The van der Waals surface area contributed by atoms with E-state index in [2.05, 4.69) is 10.1 Å². The summed E-state index contributed by atoms with van der Waals surface area (Å²) in [7, 11) is -0.883. The van der Waals surface area contributed by atoms with E-state index in [1.165, 1.54) is 18.2 Å². The molecule has 0 radical (unpaired) electrons. The lowest BCUT2D eigenvalue weighted by molar-refractivity contribution is -0.275. The Bertz CT molecular complexity index is 1390. The molecule has 0 N–H and O–H groups in total. The number of aromatic nitrogens is 1. The molecule has 184 valence electrons. The topological polar surface area (TPSA) is 81.8 Å². The van der Waals surface area contributed by atoms with Gasteiger partial charge in [-0.15, -0.1) is 0 Å². The average Bonchev–Trinajstić information content (AvgIpc) is 3.35. The van der Waals surface area contributed by atoms with Crippen LogP contribution in [-0.2, 0) is 21.2 Å². The third-order valence-electron chi connectivity index (χ3n) is 6.09. The van der Waals surface area contributed by atoms with E-state index in [-0.39, 0.29) is 67.6 Å². The Morgan fingerprint density at radius 2 is 1.89 bits per heavy atom. The molecule has 6 nitrogen and oxygen atoms in total. The van der Waals surface area contributed by atoms with Crippen molar-refractivity contribution in [2.24, 2.45) is 11.1 Å². The molecule has 5 rings (SSSR count). The summed E-state index contributed by atoms with van der Waals surface area (Å²) in [5.74, 6) is 1.02. The summed E-state index contributed by atoms with van der Waals surface area (Å²) >= 11 is 11.9. The van der Waals surface area contributed by atoms with Crippen LogP contribution in [-0.4, -0.2) is 38.4 Å². The number of nitrogens with zero attached hydrogens (tertiary/aromatic N) is 2. The van der Waals surface area contributed by atoms with E-state index in [0.29, 0.717) is 11.5 Å². The van der Waals surface area contributed by atoms with Crippen molar-refractivity contribution in [3.63, 3.8) is 0 Å². The molecule has 2 aliphatic rings. The number of benzene rings is 2. The van der Waals surface area contributed by atoms with Crippen molar-refractivity contribution in [3.8, 4) is 0 Å². The molecule has 2 aliphatic heterocycles. The van der Waals surface area contributed by atoms with Crippen LogP contribution < -0.4 is 0 Å². The molecule has 0 aliphatic carbocycles. The molecular formula is C23H17Cl2F3N2O4S. The van der Waals surface area contributed by atoms with Crippen molar-refractivity contribution in [2.75, 3.05) is 11.5 Å². The van der Waals surface area contributed by atoms with Crippen molar-refractivity contribution in [1.29, 1.82) is 0 Å². The SMILES string of the molecule is Cc1nc2c(C3=NOC(c4cc(Cl)cc(Cl)c4)(C(F)(F)F)C3)ccc(C(=O)CC3CS(=O)C3)c2o1. The van der Waals surface area contributed by atoms with Crippen LogP contribution in [0, 0.1) is 12.8 Å². The van der Waals surface area contributed by atoms with E-state index in [1.54, 1.807) is 6.92 Å². The molecule has 12 heteroatoms. The van der Waals surface area contributed by atoms with Crippen LogP contribution in [0.25, 0.3) is 11.1 Å². The van der Waals surface area contributed by atoms with E-state index in [4.69, 9.17) is 32.5 Å². The molecule has 0 saturated carbocycles.